The number of alkyl halides is 1. The van der Waals surface area contributed by atoms with Crippen LogP contribution < -0.4 is 5.32 Å². The van der Waals surface area contributed by atoms with Crippen molar-refractivity contribution >= 4 is 32.6 Å². The fourth-order valence-electron chi connectivity index (χ4n) is 2.05. The minimum absolute atomic E-state index is 0.0732. The number of aromatic nitrogens is 1. The molecule has 0 unspecified atom stereocenters. The van der Waals surface area contributed by atoms with Gasteiger partial charge in [0.1, 0.15) is 5.69 Å². The summed E-state index contributed by atoms with van der Waals surface area (Å²) >= 11 is 3.44. The number of hydrogen-bond acceptors (Lipinski definition) is 2. The lowest BCUT2D eigenvalue weighted by Gasteiger charge is -2.23. The lowest BCUT2D eigenvalue weighted by Crippen LogP contribution is -2.34. The standard InChI is InChI=1S/C16H19BrN2O/c1-16(2,8-9-17)11-19-15(20)14-13-6-4-3-5-12(13)7-10-18-14/h3-7,10H,8-9,11H2,1-2H3,(H,19,20). The molecule has 4 heteroatoms. The first-order valence-corrected chi connectivity index (χ1v) is 7.83. The predicted octanol–water partition coefficient (Wildman–Crippen LogP) is 3.78. The van der Waals surface area contributed by atoms with Crippen LogP contribution in [0.3, 0.4) is 0 Å². The van der Waals surface area contributed by atoms with E-state index in [0.717, 1.165) is 22.5 Å². The zero-order valence-corrected chi connectivity index (χ0v) is 13.4. The molecule has 0 saturated heterocycles. The van der Waals surface area contributed by atoms with Crippen molar-refractivity contribution in [3.8, 4) is 0 Å². The van der Waals surface area contributed by atoms with Gasteiger partial charge in [0.15, 0.2) is 0 Å². The van der Waals surface area contributed by atoms with E-state index < -0.39 is 0 Å². The van der Waals surface area contributed by atoms with E-state index in [1.54, 1.807) is 6.20 Å². The number of nitrogens with one attached hydrogen (secondary N) is 1. The van der Waals surface area contributed by atoms with Crippen LogP contribution in [0.2, 0.25) is 0 Å². The van der Waals surface area contributed by atoms with Crippen LogP contribution in [0.25, 0.3) is 10.8 Å². The number of hydrogen-bond donors (Lipinski definition) is 1. The molecule has 3 nitrogen and oxygen atoms in total. The van der Waals surface area contributed by atoms with Crippen molar-refractivity contribution in [3.05, 3.63) is 42.2 Å². The topological polar surface area (TPSA) is 42.0 Å². The molecule has 0 aliphatic heterocycles. The molecule has 1 amide bonds. The molecular weight excluding hydrogens is 316 g/mol. The number of rotatable bonds is 5. The van der Waals surface area contributed by atoms with Crippen molar-refractivity contribution in [2.75, 3.05) is 11.9 Å². The highest BCUT2D eigenvalue weighted by molar-refractivity contribution is 9.09. The molecule has 0 radical (unpaired) electrons. The minimum atomic E-state index is -0.107. The summed E-state index contributed by atoms with van der Waals surface area (Å²) in [6.07, 6.45) is 2.69. The Hall–Kier alpha value is -1.42. The predicted molar refractivity (Wildman–Crippen MR) is 86.3 cm³/mol. The summed E-state index contributed by atoms with van der Waals surface area (Å²) in [5.74, 6) is -0.107. The van der Waals surface area contributed by atoms with Crippen LogP contribution in [0.5, 0.6) is 0 Å². The second kappa shape index (κ2) is 6.35. The fourth-order valence-corrected chi connectivity index (χ4v) is 3.12. The number of carbonyl (C=O) groups excluding carboxylic acids is 1. The number of fused-ring (bicyclic) bond motifs is 1. The summed E-state index contributed by atoms with van der Waals surface area (Å²) in [6, 6.07) is 9.73. The normalized spacial score (nSPS) is 11.6. The van der Waals surface area contributed by atoms with E-state index in [4.69, 9.17) is 0 Å². The zero-order valence-electron chi connectivity index (χ0n) is 11.8. The van der Waals surface area contributed by atoms with Gasteiger partial charge in [0.2, 0.25) is 0 Å². The Morgan fingerprint density at radius 1 is 1.30 bits per heavy atom. The second-order valence-electron chi connectivity index (χ2n) is 5.67. The van der Waals surface area contributed by atoms with E-state index in [9.17, 15) is 4.79 Å². The Labute approximate surface area is 127 Å². The zero-order chi connectivity index (χ0) is 14.6. The molecule has 0 bridgehead atoms. The van der Waals surface area contributed by atoms with Crippen molar-refractivity contribution in [1.29, 1.82) is 0 Å². The number of pyridine rings is 1. The Balaban J connectivity index is 2.16. The SMILES string of the molecule is CC(C)(CCBr)CNC(=O)c1nccc2ccccc12. The highest BCUT2D eigenvalue weighted by Gasteiger charge is 2.19. The molecule has 106 valence electrons. The summed E-state index contributed by atoms with van der Waals surface area (Å²) in [5.41, 5.74) is 0.571. The minimum Gasteiger partial charge on any atom is -0.350 e. The summed E-state index contributed by atoms with van der Waals surface area (Å²) in [7, 11) is 0. The maximum Gasteiger partial charge on any atom is 0.270 e. The molecule has 1 aromatic carbocycles. The molecule has 1 heterocycles. The quantitative estimate of drug-likeness (QED) is 0.845. The summed E-state index contributed by atoms with van der Waals surface area (Å²) in [6.45, 7) is 4.93. The Morgan fingerprint density at radius 2 is 2.05 bits per heavy atom. The molecule has 20 heavy (non-hydrogen) atoms. The van der Waals surface area contributed by atoms with Crippen LogP contribution in [0.4, 0.5) is 0 Å². The van der Waals surface area contributed by atoms with Gasteiger partial charge in [0.05, 0.1) is 0 Å². The third kappa shape index (κ3) is 3.57. The molecule has 2 aromatic rings. The van der Waals surface area contributed by atoms with Crippen LogP contribution in [0.1, 0.15) is 30.8 Å². The van der Waals surface area contributed by atoms with Crippen molar-refractivity contribution in [3.63, 3.8) is 0 Å². The van der Waals surface area contributed by atoms with Crippen molar-refractivity contribution < 1.29 is 4.79 Å². The van der Waals surface area contributed by atoms with E-state index in [2.05, 4.69) is 40.1 Å². The van der Waals surface area contributed by atoms with Gasteiger partial charge >= 0.3 is 0 Å². The summed E-state index contributed by atoms with van der Waals surface area (Å²) in [4.78, 5) is 16.6. The van der Waals surface area contributed by atoms with E-state index in [1.165, 1.54) is 0 Å². The van der Waals surface area contributed by atoms with Gasteiger partial charge in [-0.1, -0.05) is 54.0 Å². The molecule has 1 N–H and O–H groups in total. The van der Waals surface area contributed by atoms with Gasteiger partial charge in [-0.3, -0.25) is 9.78 Å². The molecule has 0 aliphatic carbocycles. The second-order valence-corrected chi connectivity index (χ2v) is 6.46. The number of benzene rings is 1. The Morgan fingerprint density at radius 3 is 2.80 bits per heavy atom. The van der Waals surface area contributed by atoms with E-state index >= 15 is 0 Å². The molecule has 0 saturated carbocycles. The first kappa shape index (κ1) is 15.0. The number of amides is 1. The van der Waals surface area contributed by atoms with Crippen LogP contribution in [0, 0.1) is 5.41 Å². The van der Waals surface area contributed by atoms with E-state index in [-0.39, 0.29) is 11.3 Å². The fraction of sp³-hybridized carbons (Fsp3) is 0.375. The maximum absolute atomic E-state index is 12.3. The van der Waals surface area contributed by atoms with Gasteiger partial charge in [0.25, 0.3) is 5.91 Å². The van der Waals surface area contributed by atoms with Gasteiger partial charge in [-0.25, -0.2) is 0 Å². The highest BCUT2D eigenvalue weighted by Crippen LogP contribution is 2.21. The third-order valence-electron chi connectivity index (χ3n) is 3.39. The van der Waals surface area contributed by atoms with Gasteiger partial charge < -0.3 is 5.32 Å². The molecule has 0 aliphatic rings. The summed E-state index contributed by atoms with van der Waals surface area (Å²) < 4.78 is 0. The molecule has 1 aromatic heterocycles. The number of carbonyl (C=O) groups is 1. The van der Waals surface area contributed by atoms with Gasteiger partial charge in [-0.05, 0) is 23.3 Å². The number of halogens is 1. The lowest BCUT2D eigenvalue weighted by atomic mass is 9.90. The molecule has 0 fully saturated rings. The van der Waals surface area contributed by atoms with Crippen LogP contribution in [-0.2, 0) is 0 Å². The van der Waals surface area contributed by atoms with E-state index in [1.807, 2.05) is 30.3 Å². The third-order valence-corrected chi connectivity index (χ3v) is 3.78. The Bertz CT molecular complexity index is 605. The average molecular weight is 335 g/mol. The van der Waals surface area contributed by atoms with E-state index in [0.29, 0.717) is 12.2 Å². The first-order valence-electron chi connectivity index (χ1n) is 6.71. The lowest BCUT2D eigenvalue weighted by molar-refractivity contribution is 0.0933. The van der Waals surface area contributed by atoms with Gasteiger partial charge in [0, 0.05) is 23.5 Å². The van der Waals surface area contributed by atoms with Gasteiger partial charge in [-0.2, -0.15) is 0 Å². The molecule has 2 rings (SSSR count). The smallest absolute Gasteiger partial charge is 0.270 e. The monoisotopic (exact) mass is 334 g/mol. The van der Waals surface area contributed by atoms with Crippen molar-refractivity contribution in [2.45, 2.75) is 20.3 Å². The van der Waals surface area contributed by atoms with Crippen LogP contribution in [-0.4, -0.2) is 22.8 Å². The molecule has 0 atom stereocenters. The van der Waals surface area contributed by atoms with Crippen LogP contribution >= 0.6 is 15.9 Å². The average Bonchev–Trinajstić information content (AvgIpc) is 2.44. The Kier molecular flexibility index (Phi) is 4.76. The molecular formula is C16H19BrN2O. The highest BCUT2D eigenvalue weighted by atomic mass is 79.9. The largest absolute Gasteiger partial charge is 0.350 e. The summed E-state index contributed by atoms with van der Waals surface area (Å²) in [5, 5.41) is 5.86. The van der Waals surface area contributed by atoms with Crippen molar-refractivity contribution in [1.82, 2.24) is 10.3 Å². The molecule has 0 spiro atoms. The first-order chi connectivity index (χ1) is 9.53. The van der Waals surface area contributed by atoms with Gasteiger partial charge in [-0.15, -0.1) is 0 Å². The maximum atomic E-state index is 12.3. The van der Waals surface area contributed by atoms with Crippen molar-refractivity contribution in [2.24, 2.45) is 5.41 Å². The number of nitrogens with zero attached hydrogens (tertiary/aromatic N) is 1. The van der Waals surface area contributed by atoms with Crippen LogP contribution in [0.15, 0.2) is 36.5 Å².